The van der Waals surface area contributed by atoms with Crippen LogP contribution in [0.3, 0.4) is 0 Å². The molecule has 1 saturated carbocycles. The lowest BCUT2D eigenvalue weighted by molar-refractivity contribution is -0.125. The lowest BCUT2D eigenvalue weighted by atomic mass is 9.97. The van der Waals surface area contributed by atoms with Gasteiger partial charge in [-0.05, 0) is 25.8 Å². The number of hydrogen-bond donors (Lipinski definition) is 1. The summed E-state index contributed by atoms with van der Waals surface area (Å²) in [5.74, 6) is -0.863. The average Bonchev–Trinajstić information content (AvgIpc) is 3.14. The second-order valence-corrected chi connectivity index (χ2v) is 8.05. The summed E-state index contributed by atoms with van der Waals surface area (Å²) in [5.41, 5.74) is 2.53. The number of nitrogens with zero attached hydrogens (tertiary/aromatic N) is 2. The van der Waals surface area contributed by atoms with Crippen LogP contribution in [0.1, 0.15) is 61.0 Å². The van der Waals surface area contributed by atoms with E-state index in [1.54, 1.807) is 13.0 Å². The van der Waals surface area contributed by atoms with Gasteiger partial charge in [-0.2, -0.15) is 0 Å². The van der Waals surface area contributed by atoms with E-state index in [0.717, 1.165) is 31.2 Å². The highest BCUT2D eigenvalue weighted by molar-refractivity contribution is 6.04. The van der Waals surface area contributed by atoms with Crippen LogP contribution < -0.4 is 5.32 Å². The van der Waals surface area contributed by atoms with Crippen molar-refractivity contribution < 1.29 is 18.8 Å². The molecule has 3 aromatic rings. The van der Waals surface area contributed by atoms with E-state index in [2.05, 4.69) is 15.5 Å². The molecule has 2 heterocycles. The maximum Gasteiger partial charge on any atom is 0.339 e. The van der Waals surface area contributed by atoms with Gasteiger partial charge in [-0.1, -0.05) is 67.6 Å². The van der Waals surface area contributed by atoms with Gasteiger partial charge in [0.25, 0.3) is 11.6 Å². The van der Waals surface area contributed by atoms with E-state index in [1.165, 1.54) is 19.3 Å². The first-order valence-corrected chi connectivity index (χ1v) is 10.9. The molecule has 0 atom stereocenters. The minimum Gasteiger partial charge on any atom is -0.452 e. The number of ether oxygens (including phenoxy) is 1. The molecule has 0 spiro atoms. The molecule has 7 nitrogen and oxygen atoms in total. The van der Waals surface area contributed by atoms with Gasteiger partial charge >= 0.3 is 5.97 Å². The molecule has 31 heavy (non-hydrogen) atoms. The van der Waals surface area contributed by atoms with Crippen LogP contribution in [0.25, 0.3) is 22.4 Å². The molecule has 0 unspecified atom stereocenters. The number of hydrogen-bond acceptors (Lipinski definition) is 6. The highest BCUT2D eigenvalue weighted by Gasteiger charge is 2.22. The van der Waals surface area contributed by atoms with E-state index in [4.69, 9.17) is 9.26 Å². The summed E-state index contributed by atoms with van der Waals surface area (Å²) >= 11 is 0. The summed E-state index contributed by atoms with van der Waals surface area (Å²) in [4.78, 5) is 29.8. The minimum absolute atomic E-state index is 0.157. The fourth-order valence-electron chi connectivity index (χ4n) is 4.09. The highest BCUT2D eigenvalue weighted by Crippen LogP contribution is 2.27. The van der Waals surface area contributed by atoms with Crippen LogP contribution in [0.4, 0.5) is 0 Å². The standard InChI is InChI=1S/C24H27N3O4/c1-16-22-19(14-20(26-23(22)31-27-16)17-10-6-5-7-11-17)24(29)30-15-21(28)25-18-12-8-3-2-4-9-13-18/h5-7,10-11,14,18H,2-4,8-9,12-13,15H2,1H3,(H,25,28). The Kier molecular flexibility index (Phi) is 6.60. The number of benzene rings is 1. The van der Waals surface area contributed by atoms with Crippen molar-refractivity contribution in [2.75, 3.05) is 6.61 Å². The first-order valence-electron chi connectivity index (χ1n) is 10.9. The van der Waals surface area contributed by atoms with Crippen molar-refractivity contribution in [1.29, 1.82) is 0 Å². The van der Waals surface area contributed by atoms with E-state index >= 15 is 0 Å². The zero-order valence-electron chi connectivity index (χ0n) is 17.7. The van der Waals surface area contributed by atoms with Gasteiger partial charge in [0, 0.05) is 11.6 Å². The topological polar surface area (TPSA) is 94.3 Å². The molecule has 1 amide bonds. The number of esters is 1. The number of nitrogens with one attached hydrogen (secondary N) is 1. The summed E-state index contributed by atoms with van der Waals surface area (Å²) in [6.45, 7) is 1.43. The smallest absolute Gasteiger partial charge is 0.339 e. The van der Waals surface area contributed by atoms with E-state index in [9.17, 15) is 9.59 Å². The van der Waals surface area contributed by atoms with Crippen molar-refractivity contribution in [3.8, 4) is 11.3 Å². The van der Waals surface area contributed by atoms with Gasteiger partial charge in [0.15, 0.2) is 6.61 Å². The predicted molar refractivity (Wildman–Crippen MR) is 117 cm³/mol. The Morgan fingerprint density at radius 1 is 1.10 bits per heavy atom. The predicted octanol–water partition coefficient (Wildman–Crippen LogP) is 4.58. The Balaban J connectivity index is 1.48. The number of carbonyl (C=O) groups excluding carboxylic acids is 2. The molecule has 1 aromatic carbocycles. The Bertz CT molecular complexity index is 1050. The normalized spacial score (nSPS) is 15.3. The van der Waals surface area contributed by atoms with E-state index in [-0.39, 0.29) is 24.3 Å². The number of carbonyl (C=O) groups is 2. The van der Waals surface area contributed by atoms with Crippen LogP contribution in [0, 0.1) is 6.92 Å². The molecule has 1 N–H and O–H groups in total. The molecule has 0 saturated heterocycles. The van der Waals surface area contributed by atoms with E-state index in [1.807, 2.05) is 30.3 Å². The van der Waals surface area contributed by atoms with Crippen molar-refractivity contribution in [2.45, 2.75) is 57.9 Å². The number of fused-ring (bicyclic) bond motifs is 1. The molecule has 0 aliphatic heterocycles. The Morgan fingerprint density at radius 3 is 2.55 bits per heavy atom. The molecule has 0 radical (unpaired) electrons. The molecular formula is C24H27N3O4. The minimum atomic E-state index is -0.594. The summed E-state index contributed by atoms with van der Waals surface area (Å²) in [7, 11) is 0. The lowest BCUT2D eigenvalue weighted by Crippen LogP contribution is -2.38. The summed E-state index contributed by atoms with van der Waals surface area (Å²) in [6, 6.07) is 11.3. The van der Waals surface area contributed by atoms with E-state index < -0.39 is 5.97 Å². The molecule has 1 aliphatic rings. The maximum absolute atomic E-state index is 12.9. The second kappa shape index (κ2) is 9.73. The van der Waals surface area contributed by atoms with Crippen LogP contribution >= 0.6 is 0 Å². The quantitative estimate of drug-likeness (QED) is 0.606. The largest absolute Gasteiger partial charge is 0.452 e. The van der Waals surface area contributed by atoms with Gasteiger partial charge in [-0.25, -0.2) is 9.78 Å². The molecule has 4 rings (SSSR count). The zero-order valence-corrected chi connectivity index (χ0v) is 17.7. The third-order valence-corrected chi connectivity index (χ3v) is 5.71. The first-order chi connectivity index (χ1) is 15.1. The molecular weight excluding hydrogens is 394 g/mol. The third-order valence-electron chi connectivity index (χ3n) is 5.71. The van der Waals surface area contributed by atoms with Gasteiger partial charge in [-0.15, -0.1) is 0 Å². The average molecular weight is 421 g/mol. The second-order valence-electron chi connectivity index (χ2n) is 8.05. The first kappa shape index (κ1) is 21.0. The molecule has 162 valence electrons. The molecule has 0 bridgehead atoms. The van der Waals surface area contributed by atoms with Gasteiger partial charge in [0.1, 0.15) is 0 Å². The maximum atomic E-state index is 12.9. The number of amides is 1. The molecule has 1 aliphatic carbocycles. The lowest BCUT2D eigenvalue weighted by Gasteiger charge is -2.20. The third kappa shape index (κ3) is 5.10. The van der Waals surface area contributed by atoms with Crippen LogP contribution in [0.15, 0.2) is 40.9 Å². The van der Waals surface area contributed by atoms with Gasteiger partial charge in [-0.3, -0.25) is 4.79 Å². The zero-order chi connectivity index (χ0) is 21.6. The van der Waals surface area contributed by atoms with Crippen molar-refractivity contribution in [1.82, 2.24) is 15.5 Å². The van der Waals surface area contributed by atoms with Crippen LogP contribution in [0.2, 0.25) is 0 Å². The van der Waals surface area contributed by atoms with Crippen molar-refractivity contribution >= 4 is 23.0 Å². The monoisotopic (exact) mass is 421 g/mol. The highest BCUT2D eigenvalue weighted by atomic mass is 16.5. The summed E-state index contributed by atoms with van der Waals surface area (Å²) in [5, 5.41) is 7.46. The van der Waals surface area contributed by atoms with Gasteiger partial charge < -0.3 is 14.6 Å². The van der Waals surface area contributed by atoms with E-state index in [0.29, 0.717) is 22.3 Å². The van der Waals surface area contributed by atoms with Crippen molar-refractivity contribution in [3.05, 3.63) is 47.7 Å². The Hall–Kier alpha value is -3.22. The van der Waals surface area contributed by atoms with Gasteiger partial charge in [0.2, 0.25) is 0 Å². The van der Waals surface area contributed by atoms with Crippen LogP contribution in [-0.2, 0) is 9.53 Å². The molecule has 2 aromatic heterocycles. The fourth-order valence-corrected chi connectivity index (χ4v) is 4.09. The Morgan fingerprint density at radius 2 is 1.81 bits per heavy atom. The molecule has 1 fully saturated rings. The number of aromatic nitrogens is 2. The number of pyridine rings is 1. The van der Waals surface area contributed by atoms with Crippen molar-refractivity contribution in [3.63, 3.8) is 0 Å². The molecule has 7 heteroatoms. The van der Waals surface area contributed by atoms with Gasteiger partial charge in [0.05, 0.1) is 22.3 Å². The van der Waals surface area contributed by atoms with Crippen molar-refractivity contribution in [2.24, 2.45) is 0 Å². The number of rotatable bonds is 5. The van der Waals surface area contributed by atoms with Crippen LogP contribution in [-0.4, -0.2) is 34.7 Å². The SMILES string of the molecule is Cc1noc2nc(-c3ccccc3)cc(C(=O)OCC(=O)NC3CCCCCCC3)c12. The fraction of sp³-hybridized carbons (Fsp3) is 0.417. The Labute approximate surface area is 181 Å². The number of aryl methyl sites for hydroxylation is 1. The summed E-state index contributed by atoms with van der Waals surface area (Å²) < 4.78 is 10.7. The summed E-state index contributed by atoms with van der Waals surface area (Å²) in [6.07, 6.45) is 7.88. The van der Waals surface area contributed by atoms with Crippen LogP contribution in [0.5, 0.6) is 0 Å².